The molecular formula is C31H21N3OPd. The number of aromatic nitrogens is 3. The molecule has 0 atom stereocenters. The van der Waals surface area contributed by atoms with Crippen molar-refractivity contribution in [3.05, 3.63) is 121 Å². The van der Waals surface area contributed by atoms with E-state index in [1.807, 2.05) is 92.1 Å². The predicted octanol–water partition coefficient (Wildman–Crippen LogP) is 7.36. The van der Waals surface area contributed by atoms with Gasteiger partial charge in [0.25, 0.3) is 0 Å². The maximum absolute atomic E-state index is 6.16. The summed E-state index contributed by atoms with van der Waals surface area (Å²) < 4.78 is 8.23. The molecule has 4 aromatic carbocycles. The molecule has 0 saturated carbocycles. The number of rotatable bonds is 5. The standard InChI is InChI=1S/C31H21N3O.Pd/c1-34-30-16-6-5-15-28(30)33-31(34)25-12-8-14-27(20-25)35-26-13-7-11-24(19-26)29-21-23(17-18-32-29)22-9-3-2-4-10-22;/h2-18,21H,1H3;/q-2;+2. The second kappa shape index (κ2) is 10.3. The molecule has 0 spiro atoms. The zero-order chi connectivity index (χ0) is 23.6. The Bertz CT molecular complexity index is 1640. The molecule has 4 nitrogen and oxygen atoms in total. The minimum atomic E-state index is 0. The van der Waals surface area contributed by atoms with Crippen molar-refractivity contribution in [2.45, 2.75) is 0 Å². The zero-order valence-corrected chi connectivity index (χ0v) is 21.0. The van der Waals surface area contributed by atoms with E-state index in [1.54, 1.807) is 0 Å². The fourth-order valence-corrected chi connectivity index (χ4v) is 4.19. The van der Waals surface area contributed by atoms with E-state index in [2.05, 4.69) is 45.9 Å². The minimum absolute atomic E-state index is 0. The van der Waals surface area contributed by atoms with Gasteiger partial charge in [0.15, 0.2) is 0 Å². The van der Waals surface area contributed by atoms with Gasteiger partial charge in [-0.05, 0) is 35.0 Å². The van der Waals surface area contributed by atoms with Gasteiger partial charge in [0.2, 0.25) is 0 Å². The van der Waals surface area contributed by atoms with Gasteiger partial charge in [-0.1, -0.05) is 60.7 Å². The molecule has 0 saturated heterocycles. The summed E-state index contributed by atoms with van der Waals surface area (Å²) in [5.41, 5.74) is 6.87. The van der Waals surface area contributed by atoms with Gasteiger partial charge in [-0.3, -0.25) is 4.98 Å². The first-order valence-electron chi connectivity index (χ1n) is 11.4. The van der Waals surface area contributed by atoms with Crippen molar-refractivity contribution in [3.63, 3.8) is 0 Å². The van der Waals surface area contributed by atoms with E-state index in [0.717, 1.165) is 44.8 Å². The molecule has 0 radical (unpaired) electrons. The summed E-state index contributed by atoms with van der Waals surface area (Å²) in [6, 6.07) is 40.8. The summed E-state index contributed by atoms with van der Waals surface area (Å²) in [5.74, 6) is 2.05. The van der Waals surface area contributed by atoms with Crippen LogP contribution >= 0.6 is 0 Å². The van der Waals surface area contributed by atoms with Gasteiger partial charge in [-0.2, -0.15) is 0 Å². The Morgan fingerprint density at radius 1 is 0.694 bits per heavy atom. The van der Waals surface area contributed by atoms with E-state index in [-0.39, 0.29) is 20.4 Å². The summed E-state index contributed by atoms with van der Waals surface area (Å²) in [4.78, 5) is 9.34. The fourth-order valence-electron chi connectivity index (χ4n) is 4.19. The Balaban J connectivity index is 0.00000267. The summed E-state index contributed by atoms with van der Waals surface area (Å²) in [7, 11) is 2.01. The van der Waals surface area contributed by atoms with Gasteiger partial charge in [-0.25, -0.2) is 0 Å². The van der Waals surface area contributed by atoms with E-state index < -0.39 is 0 Å². The second-order valence-electron chi connectivity index (χ2n) is 8.24. The molecule has 0 fully saturated rings. The third-order valence-electron chi connectivity index (χ3n) is 5.93. The predicted molar refractivity (Wildman–Crippen MR) is 139 cm³/mol. The molecule has 0 aliphatic rings. The van der Waals surface area contributed by atoms with Gasteiger partial charge in [0.05, 0.1) is 16.9 Å². The van der Waals surface area contributed by atoms with E-state index >= 15 is 0 Å². The van der Waals surface area contributed by atoms with Crippen LogP contribution in [0, 0.1) is 12.1 Å². The Labute approximate surface area is 223 Å². The monoisotopic (exact) mass is 557 g/mol. The molecule has 0 N–H and O–H groups in total. The van der Waals surface area contributed by atoms with Crippen LogP contribution in [0.15, 0.2) is 109 Å². The van der Waals surface area contributed by atoms with Crippen molar-refractivity contribution in [2.24, 2.45) is 7.05 Å². The molecule has 0 unspecified atom stereocenters. The number of nitrogens with zero attached hydrogens (tertiary/aromatic N) is 3. The van der Waals surface area contributed by atoms with Crippen molar-refractivity contribution in [1.29, 1.82) is 0 Å². The number of hydrogen-bond donors (Lipinski definition) is 0. The molecule has 0 aliphatic heterocycles. The van der Waals surface area contributed by atoms with Gasteiger partial charge in [0, 0.05) is 24.7 Å². The van der Waals surface area contributed by atoms with Crippen LogP contribution in [0.1, 0.15) is 0 Å². The number of ether oxygens (including phenoxy) is 1. The molecular weight excluding hydrogens is 537 g/mol. The van der Waals surface area contributed by atoms with Crippen LogP contribution in [0.4, 0.5) is 0 Å². The summed E-state index contributed by atoms with van der Waals surface area (Å²) in [6.45, 7) is 0. The first-order valence-corrected chi connectivity index (χ1v) is 11.4. The number of benzene rings is 4. The summed E-state index contributed by atoms with van der Waals surface area (Å²) in [6.07, 6.45) is 1.83. The molecule has 6 rings (SSSR count). The van der Waals surface area contributed by atoms with Crippen LogP contribution < -0.4 is 4.74 Å². The Kier molecular flexibility index (Phi) is 6.78. The number of imidazole rings is 1. The number of para-hydroxylation sites is 2. The normalized spacial score (nSPS) is 10.7. The van der Waals surface area contributed by atoms with Gasteiger partial charge in [0.1, 0.15) is 0 Å². The molecule has 0 bridgehead atoms. The van der Waals surface area contributed by atoms with E-state index in [4.69, 9.17) is 9.72 Å². The second-order valence-corrected chi connectivity index (χ2v) is 8.24. The average Bonchev–Trinajstić information content (AvgIpc) is 3.26. The smallest absolute Gasteiger partial charge is 0.497 e. The van der Waals surface area contributed by atoms with Crippen LogP contribution in [0.3, 0.4) is 0 Å². The van der Waals surface area contributed by atoms with Crippen LogP contribution in [0.5, 0.6) is 11.5 Å². The Morgan fingerprint density at radius 3 is 2.17 bits per heavy atom. The third-order valence-corrected chi connectivity index (χ3v) is 5.93. The quantitative estimate of drug-likeness (QED) is 0.164. The van der Waals surface area contributed by atoms with Crippen LogP contribution in [-0.2, 0) is 27.5 Å². The van der Waals surface area contributed by atoms with E-state index in [0.29, 0.717) is 11.5 Å². The maximum atomic E-state index is 6.16. The number of hydrogen-bond acceptors (Lipinski definition) is 3. The van der Waals surface area contributed by atoms with Crippen molar-refractivity contribution < 1.29 is 25.2 Å². The largest absolute Gasteiger partial charge is 2.00 e. The van der Waals surface area contributed by atoms with Crippen LogP contribution in [0.25, 0.3) is 44.8 Å². The van der Waals surface area contributed by atoms with E-state index in [9.17, 15) is 0 Å². The first kappa shape index (κ1) is 23.7. The topological polar surface area (TPSA) is 39.9 Å². The van der Waals surface area contributed by atoms with Crippen LogP contribution in [0.2, 0.25) is 0 Å². The Hall–Kier alpha value is -4.04. The van der Waals surface area contributed by atoms with Crippen molar-refractivity contribution in [1.82, 2.24) is 14.5 Å². The fraction of sp³-hybridized carbons (Fsp3) is 0.0323. The van der Waals surface area contributed by atoms with Gasteiger partial charge in [-0.15, -0.1) is 47.5 Å². The summed E-state index contributed by atoms with van der Waals surface area (Å²) in [5, 5.41) is 0. The molecule has 0 amide bonds. The maximum Gasteiger partial charge on any atom is 2.00 e. The van der Waals surface area contributed by atoms with E-state index in [1.165, 1.54) is 0 Å². The molecule has 0 aliphatic carbocycles. The summed E-state index contributed by atoms with van der Waals surface area (Å²) >= 11 is 0. The van der Waals surface area contributed by atoms with Gasteiger partial charge < -0.3 is 14.3 Å². The Morgan fingerprint density at radius 2 is 1.39 bits per heavy atom. The van der Waals surface area contributed by atoms with Crippen LogP contribution in [-0.4, -0.2) is 14.5 Å². The minimum Gasteiger partial charge on any atom is -0.497 e. The van der Waals surface area contributed by atoms with Crippen molar-refractivity contribution in [3.8, 4) is 45.3 Å². The third kappa shape index (κ3) is 4.72. The molecule has 36 heavy (non-hydrogen) atoms. The molecule has 6 aromatic rings. The van der Waals surface area contributed by atoms with Crippen molar-refractivity contribution >= 4 is 11.0 Å². The molecule has 2 aromatic heterocycles. The molecule has 5 heteroatoms. The number of fused-ring (bicyclic) bond motifs is 1. The average molecular weight is 558 g/mol. The molecule has 176 valence electrons. The number of pyridine rings is 1. The zero-order valence-electron chi connectivity index (χ0n) is 19.5. The first-order chi connectivity index (χ1) is 17.2. The van der Waals surface area contributed by atoms with Crippen molar-refractivity contribution in [2.75, 3.05) is 0 Å². The van der Waals surface area contributed by atoms with Gasteiger partial charge >= 0.3 is 20.4 Å². The number of aryl methyl sites for hydroxylation is 1. The SMILES string of the molecule is Cn1c(-c2[c-]c(Oc3[c-]c(-c4cc(-c5ccccc5)ccn4)ccc3)ccc2)nc2ccccc21.[Pd+2]. The molecule has 2 heterocycles.